The van der Waals surface area contributed by atoms with Gasteiger partial charge < -0.3 is 15.2 Å². The van der Waals surface area contributed by atoms with Crippen molar-refractivity contribution in [3.8, 4) is 11.5 Å². The topological polar surface area (TPSA) is 102 Å². The van der Waals surface area contributed by atoms with Crippen molar-refractivity contribution in [2.24, 2.45) is 0 Å². The molecule has 0 aromatic heterocycles. The molecule has 2 rings (SSSR count). The lowest BCUT2D eigenvalue weighted by atomic mass is 10.1. The Hall–Kier alpha value is -3.35. The van der Waals surface area contributed by atoms with Crippen molar-refractivity contribution < 1.29 is 19.6 Å². The number of nitrogens with one attached hydrogen (secondary N) is 1. The van der Waals surface area contributed by atoms with E-state index < -0.39 is 10.8 Å². The summed E-state index contributed by atoms with van der Waals surface area (Å²) >= 11 is 0. The first-order chi connectivity index (χ1) is 12.0. The molecule has 25 heavy (non-hydrogen) atoms. The third-order valence-electron chi connectivity index (χ3n) is 3.18. The van der Waals surface area contributed by atoms with Crippen molar-refractivity contribution in [2.45, 2.75) is 13.3 Å². The van der Waals surface area contributed by atoms with E-state index in [1.54, 1.807) is 18.2 Å². The Balaban J connectivity index is 2.10. The van der Waals surface area contributed by atoms with Gasteiger partial charge in [0.2, 0.25) is 5.91 Å². The number of phenolic OH excluding ortho intramolecular Hbond substituents is 1. The van der Waals surface area contributed by atoms with Gasteiger partial charge in [-0.2, -0.15) is 0 Å². The number of ether oxygens (including phenoxy) is 1. The highest BCUT2D eigenvalue weighted by atomic mass is 16.6. The molecule has 0 aliphatic heterocycles. The maximum Gasteiger partial charge on any atom is 0.311 e. The largest absolute Gasteiger partial charge is 0.508 e. The molecule has 0 aliphatic carbocycles. The second-order valence-corrected chi connectivity index (χ2v) is 5.21. The number of benzene rings is 2. The van der Waals surface area contributed by atoms with Crippen LogP contribution in [-0.2, 0) is 4.79 Å². The van der Waals surface area contributed by atoms with Crippen LogP contribution in [-0.4, -0.2) is 22.5 Å². The number of nitrogens with zero attached hydrogens (tertiary/aromatic N) is 1. The first-order valence-corrected chi connectivity index (χ1v) is 7.69. The number of amides is 1. The quantitative estimate of drug-likeness (QED) is 0.453. The summed E-state index contributed by atoms with van der Waals surface area (Å²) in [4.78, 5) is 22.5. The highest BCUT2D eigenvalue weighted by Crippen LogP contribution is 2.28. The lowest BCUT2D eigenvalue weighted by Gasteiger charge is -2.06. The van der Waals surface area contributed by atoms with Crippen molar-refractivity contribution in [1.82, 2.24) is 0 Å². The second-order valence-electron chi connectivity index (χ2n) is 5.21. The summed E-state index contributed by atoms with van der Waals surface area (Å²) in [5, 5.41) is 23.1. The van der Waals surface area contributed by atoms with E-state index in [0.29, 0.717) is 17.9 Å². The zero-order valence-corrected chi connectivity index (χ0v) is 13.6. The molecule has 0 saturated carbocycles. The lowest BCUT2D eigenvalue weighted by molar-refractivity contribution is -0.385. The van der Waals surface area contributed by atoms with Crippen LogP contribution < -0.4 is 10.1 Å². The molecule has 7 nitrogen and oxygen atoms in total. The van der Waals surface area contributed by atoms with Crippen LogP contribution in [0.15, 0.2) is 48.5 Å². The smallest absolute Gasteiger partial charge is 0.311 e. The number of carbonyl (C=O) groups excluding carboxylic acids is 1. The Morgan fingerprint density at radius 1 is 1.32 bits per heavy atom. The van der Waals surface area contributed by atoms with Crippen LogP contribution in [0.3, 0.4) is 0 Å². The number of carbonyl (C=O) groups is 1. The third-order valence-corrected chi connectivity index (χ3v) is 3.18. The minimum atomic E-state index is -0.519. The van der Waals surface area contributed by atoms with E-state index in [-0.39, 0.29) is 17.2 Å². The normalized spacial score (nSPS) is 10.6. The number of phenols is 1. The van der Waals surface area contributed by atoms with Crippen LogP contribution in [0.4, 0.5) is 11.4 Å². The standard InChI is InChI=1S/C18H18N2O5/c1-2-10-25-17-8-6-13(11-16(17)20(23)24)7-9-18(22)19-14-4-3-5-15(21)12-14/h3-9,11-12,21H,2,10H2,1H3,(H,19,22)/b9-7+. The number of nitro benzene ring substituents is 1. The zero-order valence-electron chi connectivity index (χ0n) is 13.6. The van der Waals surface area contributed by atoms with Gasteiger partial charge in [-0.3, -0.25) is 14.9 Å². The van der Waals surface area contributed by atoms with E-state index in [9.17, 15) is 20.0 Å². The van der Waals surface area contributed by atoms with E-state index in [2.05, 4.69) is 5.32 Å². The summed E-state index contributed by atoms with van der Waals surface area (Å²) < 4.78 is 5.35. The molecule has 7 heteroatoms. The molecule has 0 radical (unpaired) electrons. The van der Waals surface area contributed by atoms with Crippen LogP contribution in [0, 0.1) is 10.1 Å². The minimum Gasteiger partial charge on any atom is -0.508 e. The number of aromatic hydroxyl groups is 1. The minimum absolute atomic E-state index is 0.0417. The first-order valence-electron chi connectivity index (χ1n) is 7.69. The Labute approximate surface area is 144 Å². The van der Waals surface area contributed by atoms with Crippen molar-refractivity contribution >= 4 is 23.4 Å². The van der Waals surface area contributed by atoms with Crippen molar-refractivity contribution in [1.29, 1.82) is 0 Å². The molecule has 0 aliphatic rings. The van der Waals surface area contributed by atoms with Crippen LogP contribution in [0.5, 0.6) is 11.5 Å². The molecular weight excluding hydrogens is 324 g/mol. The van der Waals surface area contributed by atoms with Gasteiger partial charge >= 0.3 is 5.69 Å². The summed E-state index contributed by atoms with van der Waals surface area (Å²) in [6.45, 7) is 2.30. The fourth-order valence-electron chi connectivity index (χ4n) is 2.05. The maximum absolute atomic E-state index is 11.9. The average molecular weight is 342 g/mol. The van der Waals surface area contributed by atoms with Crippen LogP contribution in [0.2, 0.25) is 0 Å². The Morgan fingerprint density at radius 2 is 2.12 bits per heavy atom. The average Bonchev–Trinajstić information content (AvgIpc) is 2.58. The zero-order chi connectivity index (χ0) is 18.2. The number of anilines is 1. The van der Waals surface area contributed by atoms with Crippen molar-refractivity contribution in [2.75, 3.05) is 11.9 Å². The van der Waals surface area contributed by atoms with E-state index in [1.165, 1.54) is 36.4 Å². The molecule has 130 valence electrons. The second kappa shape index (κ2) is 8.49. The molecule has 0 spiro atoms. The molecule has 0 atom stereocenters. The van der Waals surface area contributed by atoms with Gasteiger partial charge in [0, 0.05) is 23.9 Å². The van der Waals surface area contributed by atoms with Crippen LogP contribution in [0.25, 0.3) is 6.08 Å². The van der Waals surface area contributed by atoms with Gasteiger partial charge in [0.25, 0.3) is 0 Å². The molecular formula is C18H18N2O5. The molecule has 0 heterocycles. The third kappa shape index (κ3) is 5.35. The van der Waals surface area contributed by atoms with Crippen molar-refractivity contribution in [3.05, 3.63) is 64.2 Å². The molecule has 2 N–H and O–H groups in total. The number of nitro groups is 1. The van der Waals surface area contributed by atoms with Gasteiger partial charge in [-0.15, -0.1) is 0 Å². The summed E-state index contributed by atoms with van der Waals surface area (Å²) in [5.41, 5.74) is 0.801. The highest BCUT2D eigenvalue weighted by molar-refractivity contribution is 6.02. The van der Waals surface area contributed by atoms with Crippen LogP contribution >= 0.6 is 0 Å². The molecule has 2 aromatic rings. The fraction of sp³-hybridized carbons (Fsp3) is 0.167. The van der Waals surface area contributed by atoms with Crippen molar-refractivity contribution in [3.63, 3.8) is 0 Å². The van der Waals surface area contributed by atoms with E-state index in [0.717, 1.165) is 6.42 Å². The first kappa shape index (κ1) is 18.0. The predicted molar refractivity (Wildman–Crippen MR) is 94.7 cm³/mol. The van der Waals surface area contributed by atoms with Crippen LogP contribution in [0.1, 0.15) is 18.9 Å². The van der Waals surface area contributed by atoms with Gasteiger partial charge in [0.15, 0.2) is 5.75 Å². The summed E-state index contributed by atoms with van der Waals surface area (Å²) in [7, 11) is 0. The lowest BCUT2D eigenvalue weighted by Crippen LogP contribution is -2.07. The van der Waals surface area contributed by atoms with Gasteiger partial charge in [-0.25, -0.2) is 0 Å². The SMILES string of the molecule is CCCOc1ccc(/C=C/C(=O)Nc2cccc(O)c2)cc1[N+](=O)[O-]. The fourth-order valence-corrected chi connectivity index (χ4v) is 2.05. The summed E-state index contributed by atoms with van der Waals surface area (Å²) in [6.07, 6.45) is 3.47. The Bertz CT molecular complexity index is 802. The van der Waals surface area contributed by atoms with E-state index >= 15 is 0 Å². The Kier molecular flexibility index (Phi) is 6.11. The number of rotatable bonds is 7. The molecule has 0 bridgehead atoms. The maximum atomic E-state index is 11.9. The summed E-state index contributed by atoms with van der Waals surface area (Å²) in [6, 6.07) is 10.6. The summed E-state index contributed by atoms with van der Waals surface area (Å²) in [5.74, 6) is -0.173. The van der Waals surface area contributed by atoms with Gasteiger partial charge in [-0.1, -0.05) is 19.1 Å². The molecule has 2 aromatic carbocycles. The number of hydrogen-bond donors (Lipinski definition) is 2. The van der Waals surface area contributed by atoms with Gasteiger partial charge in [0.1, 0.15) is 5.75 Å². The molecule has 0 unspecified atom stereocenters. The molecule has 0 saturated heterocycles. The van der Waals surface area contributed by atoms with E-state index in [4.69, 9.17) is 4.74 Å². The van der Waals surface area contributed by atoms with Gasteiger partial charge in [-0.05, 0) is 36.3 Å². The number of hydrogen-bond acceptors (Lipinski definition) is 5. The molecule has 1 amide bonds. The highest BCUT2D eigenvalue weighted by Gasteiger charge is 2.15. The molecule has 0 fully saturated rings. The van der Waals surface area contributed by atoms with E-state index in [1.807, 2.05) is 6.92 Å². The van der Waals surface area contributed by atoms with Gasteiger partial charge in [0.05, 0.1) is 11.5 Å². The Morgan fingerprint density at radius 3 is 2.80 bits per heavy atom. The predicted octanol–water partition coefficient (Wildman–Crippen LogP) is 3.74. The monoisotopic (exact) mass is 342 g/mol.